The van der Waals surface area contributed by atoms with Gasteiger partial charge in [0, 0.05) is 31.2 Å². The van der Waals surface area contributed by atoms with E-state index in [1.165, 1.54) is 12.8 Å². The van der Waals surface area contributed by atoms with Crippen LogP contribution in [0.15, 0.2) is 0 Å². The van der Waals surface area contributed by atoms with E-state index in [1.54, 1.807) is 0 Å². The summed E-state index contributed by atoms with van der Waals surface area (Å²) >= 11 is 0. The van der Waals surface area contributed by atoms with Gasteiger partial charge in [0.2, 0.25) is 0 Å². The first kappa shape index (κ1) is 14.8. The highest BCUT2D eigenvalue weighted by Gasteiger charge is 2.43. The van der Waals surface area contributed by atoms with Crippen molar-refractivity contribution in [3.63, 3.8) is 0 Å². The number of aliphatic hydroxyl groups is 1. The van der Waals surface area contributed by atoms with Crippen LogP contribution in [0, 0.1) is 5.92 Å². The quantitative estimate of drug-likeness (QED) is 0.830. The zero-order valence-corrected chi connectivity index (χ0v) is 12.7. The zero-order valence-electron chi connectivity index (χ0n) is 12.7. The summed E-state index contributed by atoms with van der Waals surface area (Å²) in [6.07, 6.45) is 7.77. The maximum atomic E-state index is 9.90. The number of rotatable bonds is 3. The van der Waals surface area contributed by atoms with Crippen molar-refractivity contribution in [3.05, 3.63) is 0 Å². The summed E-state index contributed by atoms with van der Waals surface area (Å²) in [6.45, 7) is 4.98. The Morgan fingerprint density at radius 2 is 1.95 bits per heavy atom. The molecule has 0 aromatic carbocycles. The molecule has 0 amide bonds. The van der Waals surface area contributed by atoms with Crippen LogP contribution in [0.4, 0.5) is 0 Å². The molecule has 1 spiro atoms. The molecule has 0 radical (unpaired) electrons. The van der Waals surface area contributed by atoms with Gasteiger partial charge in [-0.2, -0.15) is 0 Å². The summed E-state index contributed by atoms with van der Waals surface area (Å²) in [5, 5.41) is 13.7. The molecule has 4 nitrogen and oxygen atoms in total. The van der Waals surface area contributed by atoms with E-state index in [0.29, 0.717) is 6.04 Å². The van der Waals surface area contributed by atoms with E-state index in [2.05, 4.69) is 12.2 Å². The van der Waals surface area contributed by atoms with Crippen molar-refractivity contribution in [3.8, 4) is 0 Å². The third-order valence-corrected chi connectivity index (χ3v) is 5.60. The molecule has 2 unspecified atom stereocenters. The predicted octanol–water partition coefficient (Wildman–Crippen LogP) is 1.86. The minimum absolute atomic E-state index is 0.0465. The Kier molecular flexibility index (Phi) is 4.37. The van der Waals surface area contributed by atoms with Crippen LogP contribution in [0.25, 0.3) is 0 Å². The van der Waals surface area contributed by atoms with E-state index in [0.717, 1.165) is 57.8 Å². The fourth-order valence-electron chi connectivity index (χ4n) is 4.11. The predicted molar refractivity (Wildman–Crippen MR) is 77.7 cm³/mol. The lowest BCUT2D eigenvalue weighted by Gasteiger charge is -2.45. The van der Waals surface area contributed by atoms with Gasteiger partial charge in [0.25, 0.3) is 0 Å². The van der Waals surface area contributed by atoms with Gasteiger partial charge in [-0.3, -0.25) is 0 Å². The molecule has 1 aliphatic carbocycles. The van der Waals surface area contributed by atoms with E-state index in [1.807, 2.05) is 0 Å². The number of aliphatic hydroxyl groups excluding tert-OH is 1. The molecule has 2 atom stereocenters. The van der Waals surface area contributed by atoms with Crippen molar-refractivity contribution >= 4 is 0 Å². The Morgan fingerprint density at radius 3 is 2.60 bits per heavy atom. The molecular weight excluding hydrogens is 254 g/mol. The van der Waals surface area contributed by atoms with Gasteiger partial charge in [0.05, 0.1) is 18.8 Å². The van der Waals surface area contributed by atoms with E-state index >= 15 is 0 Å². The van der Waals surface area contributed by atoms with E-state index < -0.39 is 0 Å². The largest absolute Gasteiger partial charge is 0.394 e. The second-order valence-corrected chi connectivity index (χ2v) is 7.29. The summed E-state index contributed by atoms with van der Waals surface area (Å²) in [4.78, 5) is 0. The molecule has 3 fully saturated rings. The fourth-order valence-corrected chi connectivity index (χ4v) is 4.11. The Bertz CT molecular complexity index is 320. The number of nitrogens with one attached hydrogen (secondary N) is 1. The average molecular weight is 283 g/mol. The van der Waals surface area contributed by atoms with Crippen LogP contribution in [-0.4, -0.2) is 48.7 Å². The number of hydrogen-bond donors (Lipinski definition) is 2. The molecule has 2 saturated heterocycles. The van der Waals surface area contributed by atoms with Crippen molar-refractivity contribution in [2.24, 2.45) is 5.92 Å². The van der Waals surface area contributed by atoms with Gasteiger partial charge in [-0.25, -0.2) is 0 Å². The summed E-state index contributed by atoms with van der Waals surface area (Å²) in [5.41, 5.74) is -0.0936. The summed E-state index contributed by atoms with van der Waals surface area (Å²) in [7, 11) is 0. The van der Waals surface area contributed by atoms with Gasteiger partial charge in [-0.15, -0.1) is 0 Å². The van der Waals surface area contributed by atoms with Gasteiger partial charge in [-0.05, 0) is 44.4 Å². The number of hydrogen-bond acceptors (Lipinski definition) is 4. The van der Waals surface area contributed by atoms with Crippen LogP contribution in [0.1, 0.15) is 51.9 Å². The Balaban J connectivity index is 1.61. The molecule has 2 heterocycles. The minimum Gasteiger partial charge on any atom is -0.394 e. The monoisotopic (exact) mass is 283 g/mol. The maximum Gasteiger partial charge on any atom is 0.0951 e. The zero-order chi connectivity index (χ0) is 14.1. The smallest absolute Gasteiger partial charge is 0.0951 e. The highest BCUT2D eigenvalue weighted by molar-refractivity contribution is 4.99. The minimum atomic E-state index is -0.0471. The molecule has 0 aromatic rings. The molecule has 2 aliphatic heterocycles. The molecule has 4 heteroatoms. The SMILES string of the molecule is CC1CCC(CO)(NC2CCOC3(CCOC3)C2)CC1. The van der Waals surface area contributed by atoms with Crippen LogP contribution in [0.3, 0.4) is 0 Å². The molecule has 1 saturated carbocycles. The van der Waals surface area contributed by atoms with Gasteiger partial charge >= 0.3 is 0 Å². The van der Waals surface area contributed by atoms with Crippen molar-refractivity contribution in [2.75, 3.05) is 26.4 Å². The number of ether oxygens (including phenoxy) is 2. The van der Waals surface area contributed by atoms with Crippen molar-refractivity contribution in [1.82, 2.24) is 5.32 Å². The molecule has 2 N–H and O–H groups in total. The molecule has 116 valence electrons. The highest BCUT2D eigenvalue weighted by atomic mass is 16.6. The van der Waals surface area contributed by atoms with Crippen LogP contribution in [0.5, 0.6) is 0 Å². The van der Waals surface area contributed by atoms with Crippen LogP contribution in [0.2, 0.25) is 0 Å². The summed E-state index contributed by atoms with van der Waals surface area (Å²) in [5.74, 6) is 0.806. The molecule has 20 heavy (non-hydrogen) atoms. The van der Waals surface area contributed by atoms with Crippen molar-refractivity contribution in [1.29, 1.82) is 0 Å². The lowest BCUT2D eigenvalue weighted by molar-refractivity contribution is -0.0948. The second-order valence-electron chi connectivity index (χ2n) is 7.29. The first-order valence-electron chi connectivity index (χ1n) is 8.26. The van der Waals surface area contributed by atoms with Crippen molar-refractivity contribution in [2.45, 2.75) is 69.1 Å². The molecule has 3 rings (SSSR count). The fraction of sp³-hybridized carbons (Fsp3) is 1.00. The summed E-state index contributed by atoms with van der Waals surface area (Å²) in [6, 6.07) is 0.464. The average Bonchev–Trinajstić information content (AvgIpc) is 2.90. The molecule has 0 aromatic heterocycles. The Morgan fingerprint density at radius 1 is 1.15 bits per heavy atom. The van der Waals surface area contributed by atoms with Crippen LogP contribution >= 0.6 is 0 Å². The van der Waals surface area contributed by atoms with E-state index in [4.69, 9.17) is 9.47 Å². The Hall–Kier alpha value is -0.160. The lowest BCUT2D eigenvalue weighted by Crippen LogP contribution is -2.58. The van der Waals surface area contributed by atoms with Crippen LogP contribution < -0.4 is 5.32 Å². The van der Waals surface area contributed by atoms with E-state index in [9.17, 15) is 5.11 Å². The first-order valence-corrected chi connectivity index (χ1v) is 8.26. The van der Waals surface area contributed by atoms with Gasteiger partial charge in [0.1, 0.15) is 0 Å². The topological polar surface area (TPSA) is 50.7 Å². The normalized spacial score (nSPS) is 45.9. The Labute approximate surface area is 122 Å². The standard InChI is InChI=1S/C16H29NO3/c1-13-2-5-15(11-18,6-3-13)17-14-4-8-20-16(10-14)7-9-19-12-16/h13-14,17-18H,2-12H2,1H3. The lowest BCUT2D eigenvalue weighted by atomic mass is 9.76. The maximum absolute atomic E-state index is 9.90. The third kappa shape index (κ3) is 3.03. The molecular formula is C16H29NO3. The third-order valence-electron chi connectivity index (χ3n) is 5.60. The van der Waals surface area contributed by atoms with Gasteiger partial charge in [-0.1, -0.05) is 6.92 Å². The van der Waals surface area contributed by atoms with Crippen molar-refractivity contribution < 1.29 is 14.6 Å². The molecule has 0 bridgehead atoms. The highest BCUT2D eigenvalue weighted by Crippen LogP contribution is 2.36. The van der Waals surface area contributed by atoms with Crippen LogP contribution in [-0.2, 0) is 9.47 Å². The van der Waals surface area contributed by atoms with Gasteiger partial charge < -0.3 is 19.9 Å². The van der Waals surface area contributed by atoms with E-state index in [-0.39, 0.29) is 17.7 Å². The summed E-state index contributed by atoms with van der Waals surface area (Å²) < 4.78 is 11.5. The van der Waals surface area contributed by atoms with Gasteiger partial charge in [0.15, 0.2) is 0 Å². The second kappa shape index (κ2) is 5.91. The first-order chi connectivity index (χ1) is 9.65. The molecule has 3 aliphatic rings.